The molecule has 0 spiro atoms. The third kappa shape index (κ3) is 22.3. The van der Waals surface area contributed by atoms with Gasteiger partial charge in [0.1, 0.15) is 0 Å². The minimum atomic E-state index is -4.42. The van der Waals surface area contributed by atoms with Gasteiger partial charge in [-0.3, -0.25) is 4.18 Å². The SMILES string of the molecule is C=CC[N+](C)(CC)CC=C.CCOS(=O)(=O)[O-].O=S=O. The van der Waals surface area contributed by atoms with Crippen LogP contribution in [-0.4, -0.2) is 59.2 Å². The predicted octanol–water partition coefficient (Wildman–Crippen LogP) is 0.638. The lowest BCUT2D eigenvalue weighted by molar-refractivity contribution is -0.896. The van der Waals surface area contributed by atoms with Crippen LogP contribution in [0.2, 0.25) is 0 Å². The second-order valence-corrected chi connectivity index (χ2v) is 4.95. The highest BCUT2D eigenvalue weighted by Gasteiger charge is 2.13. The molecule has 0 aliphatic heterocycles. The lowest BCUT2D eigenvalue weighted by Gasteiger charge is -2.30. The van der Waals surface area contributed by atoms with Crippen molar-refractivity contribution in [2.75, 3.05) is 33.3 Å². The zero-order valence-corrected chi connectivity index (χ0v) is 13.7. The van der Waals surface area contributed by atoms with E-state index in [1.165, 1.54) is 6.92 Å². The molecule has 7 nitrogen and oxygen atoms in total. The summed E-state index contributed by atoms with van der Waals surface area (Å²) in [5.41, 5.74) is 0. The van der Waals surface area contributed by atoms with Crippen LogP contribution in [0.25, 0.3) is 0 Å². The van der Waals surface area contributed by atoms with Crippen molar-refractivity contribution in [3.05, 3.63) is 25.3 Å². The smallest absolute Gasteiger partial charge is 0.335 e. The van der Waals surface area contributed by atoms with Crippen LogP contribution in [-0.2, 0) is 26.2 Å². The van der Waals surface area contributed by atoms with Gasteiger partial charge >= 0.3 is 11.6 Å². The summed E-state index contributed by atoms with van der Waals surface area (Å²) in [5.74, 6) is 0. The van der Waals surface area contributed by atoms with Crippen LogP contribution in [0.3, 0.4) is 0 Å². The largest absolute Gasteiger partial charge is 0.726 e. The normalized spacial score (nSPS) is 10.2. The van der Waals surface area contributed by atoms with Crippen LogP contribution in [0, 0.1) is 0 Å². The standard InChI is InChI=1S/C9H18N.C2H6O4S.O2S/c1-5-8-10(4,7-3)9-6-2;1-2-6-7(3,4)5;1-3-2/h5-6H,1-2,7-9H2,3-4H3;2H2,1H3,(H,3,4,5);/q+1;;/p-1. The Morgan fingerprint density at radius 2 is 1.55 bits per heavy atom. The second-order valence-electron chi connectivity index (χ2n) is 3.76. The maximum Gasteiger partial charge on any atom is 0.335 e. The lowest BCUT2D eigenvalue weighted by atomic mass is 10.3. The molecule has 120 valence electrons. The summed E-state index contributed by atoms with van der Waals surface area (Å²) in [4.78, 5) is 0. The third-order valence-corrected chi connectivity index (χ3v) is 2.69. The zero-order valence-electron chi connectivity index (χ0n) is 12.1. The van der Waals surface area contributed by atoms with Gasteiger partial charge in [0.15, 0.2) is 0 Å². The van der Waals surface area contributed by atoms with E-state index in [-0.39, 0.29) is 6.61 Å². The summed E-state index contributed by atoms with van der Waals surface area (Å²) in [5, 5.41) is 0. The van der Waals surface area contributed by atoms with Crippen LogP contribution in [0.1, 0.15) is 13.8 Å². The first-order chi connectivity index (χ1) is 9.16. The monoisotopic (exact) mass is 329 g/mol. The van der Waals surface area contributed by atoms with Crippen LogP contribution >= 0.6 is 0 Å². The van der Waals surface area contributed by atoms with Crippen molar-refractivity contribution in [1.82, 2.24) is 0 Å². The quantitative estimate of drug-likeness (QED) is 0.294. The Bertz CT molecular complexity index is 378. The summed E-state index contributed by atoms with van der Waals surface area (Å²) >= 11 is -0.750. The molecular formula is C11H23NO6S2. The van der Waals surface area contributed by atoms with Crippen molar-refractivity contribution in [1.29, 1.82) is 0 Å². The number of rotatable bonds is 7. The zero-order chi connectivity index (χ0) is 16.7. The predicted molar refractivity (Wildman–Crippen MR) is 77.1 cm³/mol. The van der Waals surface area contributed by atoms with Gasteiger partial charge < -0.3 is 9.04 Å². The number of quaternary nitrogens is 1. The van der Waals surface area contributed by atoms with E-state index >= 15 is 0 Å². The maximum absolute atomic E-state index is 9.45. The number of nitrogens with zero attached hydrogens (tertiary/aromatic N) is 1. The molecular weight excluding hydrogens is 306 g/mol. The summed E-state index contributed by atoms with van der Waals surface area (Å²) in [6, 6.07) is 0. The average Bonchev–Trinajstić information content (AvgIpc) is 2.30. The summed E-state index contributed by atoms with van der Waals surface area (Å²) in [6.07, 6.45) is 3.93. The van der Waals surface area contributed by atoms with E-state index in [1.54, 1.807) is 0 Å². The van der Waals surface area contributed by atoms with Gasteiger partial charge in [0.05, 0.1) is 33.3 Å². The van der Waals surface area contributed by atoms with E-state index in [0.717, 1.165) is 24.1 Å². The molecule has 0 radical (unpaired) electrons. The molecule has 0 heterocycles. The van der Waals surface area contributed by atoms with Crippen LogP contribution < -0.4 is 0 Å². The maximum atomic E-state index is 9.45. The van der Waals surface area contributed by atoms with Crippen LogP contribution in [0.4, 0.5) is 0 Å². The first kappa shape index (κ1) is 24.2. The first-order valence-corrected chi connectivity index (χ1v) is 7.73. The molecule has 0 aromatic carbocycles. The molecule has 0 saturated heterocycles. The minimum absolute atomic E-state index is 0.0914. The summed E-state index contributed by atoms with van der Waals surface area (Å²) in [7, 11) is -2.21. The highest BCUT2D eigenvalue weighted by atomic mass is 32.3. The molecule has 0 saturated carbocycles. The van der Waals surface area contributed by atoms with Gasteiger partial charge in [0.25, 0.3) is 0 Å². The summed E-state index contributed by atoms with van der Waals surface area (Å²) in [6.45, 7) is 14.2. The number of hydrogen-bond acceptors (Lipinski definition) is 6. The summed E-state index contributed by atoms with van der Waals surface area (Å²) < 4.78 is 49.6. The molecule has 0 rings (SSSR count). The van der Waals surface area contributed by atoms with Crippen LogP contribution in [0.5, 0.6) is 0 Å². The van der Waals surface area contributed by atoms with E-state index in [4.69, 9.17) is 8.42 Å². The van der Waals surface area contributed by atoms with E-state index in [2.05, 4.69) is 31.3 Å². The van der Waals surface area contributed by atoms with Gasteiger partial charge in [-0.05, 0) is 26.0 Å². The van der Waals surface area contributed by atoms with E-state index in [9.17, 15) is 13.0 Å². The van der Waals surface area contributed by atoms with Crippen molar-refractivity contribution < 1.29 is 30.1 Å². The van der Waals surface area contributed by atoms with Crippen molar-refractivity contribution in [2.45, 2.75) is 13.8 Å². The van der Waals surface area contributed by atoms with Crippen molar-refractivity contribution in [3.8, 4) is 0 Å². The average molecular weight is 329 g/mol. The minimum Gasteiger partial charge on any atom is -0.726 e. The Morgan fingerprint density at radius 3 is 1.65 bits per heavy atom. The fraction of sp³-hybridized carbons (Fsp3) is 0.636. The van der Waals surface area contributed by atoms with Crippen molar-refractivity contribution >= 4 is 22.0 Å². The number of hydrogen-bond donors (Lipinski definition) is 0. The van der Waals surface area contributed by atoms with Gasteiger partial charge in [0, 0.05) is 0 Å². The van der Waals surface area contributed by atoms with Crippen LogP contribution in [0.15, 0.2) is 25.3 Å². The topological polar surface area (TPSA) is 101 Å². The van der Waals surface area contributed by atoms with Gasteiger partial charge in [0.2, 0.25) is 10.4 Å². The highest BCUT2D eigenvalue weighted by molar-refractivity contribution is 7.80. The Balaban J connectivity index is -0.000000251. The Kier molecular flexibility index (Phi) is 17.6. The third-order valence-electron chi connectivity index (χ3n) is 2.17. The molecule has 0 aliphatic carbocycles. The Hall–Kier alpha value is -0.870. The molecule has 0 bridgehead atoms. The number of likely N-dealkylation sites (N-methyl/N-ethyl adjacent to an activating group) is 1. The second kappa shape index (κ2) is 14.5. The molecule has 9 heteroatoms. The van der Waals surface area contributed by atoms with Gasteiger partial charge in [-0.15, -0.1) is 0 Å². The van der Waals surface area contributed by atoms with Crippen molar-refractivity contribution in [3.63, 3.8) is 0 Å². The lowest BCUT2D eigenvalue weighted by Crippen LogP contribution is -2.43. The molecule has 0 aliphatic rings. The Morgan fingerprint density at radius 1 is 1.20 bits per heavy atom. The van der Waals surface area contributed by atoms with E-state index < -0.39 is 22.0 Å². The van der Waals surface area contributed by atoms with Crippen molar-refractivity contribution in [2.24, 2.45) is 0 Å². The van der Waals surface area contributed by atoms with Gasteiger partial charge in [-0.1, -0.05) is 13.2 Å². The molecule has 20 heavy (non-hydrogen) atoms. The molecule has 0 aromatic rings. The molecule has 0 amide bonds. The van der Waals surface area contributed by atoms with E-state index in [0.29, 0.717) is 0 Å². The van der Waals surface area contributed by atoms with Gasteiger partial charge in [-0.2, -0.15) is 8.42 Å². The fourth-order valence-electron chi connectivity index (χ4n) is 1.10. The first-order valence-electron chi connectivity index (χ1n) is 5.73. The van der Waals surface area contributed by atoms with E-state index in [1.807, 2.05) is 12.2 Å². The molecule has 0 atom stereocenters. The molecule has 0 N–H and O–H groups in total. The molecule has 0 aromatic heterocycles. The molecule has 0 fully saturated rings. The van der Waals surface area contributed by atoms with Gasteiger partial charge in [-0.25, -0.2) is 8.42 Å². The fourth-order valence-corrected chi connectivity index (χ4v) is 1.39. The molecule has 0 unspecified atom stereocenters. The Labute approximate surface area is 125 Å². The highest BCUT2D eigenvalue weighted by Crippen LogP contribution is 2.00.